The lowest BCUT2D eigenvalue weighted by Gasteiger charge is -2.32. The lowest BCUT2D eigenvalue weighted by Crippen LogP contribution is -2.41. The van der Waals surface area contributed by atoms with Crippen LogP contribution in [0.4, 0.5) is 24.8 Å². The lowest BCUT2D eigenvalue weighted by atomic mass is 10.0. The van der Waals surface area contributed by atoms with Gasteiger partial charge in [-0.15, -0.1) is 5.10 Å². The maximum absolute atomic E-state index is 14.1. The molecule has 0 spiro atoms. The monoisotopic (exact) mass is 655 g/mol. The number of carbonyl (C=O) groups excluding carboxylic acids is 1. The van der Waals surface area contributed by atoms with Gasteiger partial charge in [0.05, 0.1) is 6.10 Å². The van der Waals surface area contributed by atoms with E-state index in [4.69, 9.17) is 4.74 Å². The van der Waals surface area contributed by atoms with Crippen molar-refractivity contribution in [3.05, 3.63) is 41.3 Å². The number of carbonyl (C=O) groups is 1. The molecule has 12 nitrogen and oxygen atoms in total. The fraction of sp³-hybridized carbons (Fsp3) is 0.562. The van der Waals surface area contributed by atoms with E-state index in [-0.39, 0.29) is 35.6 Å². The summed E-state index contributed by atoms with van der Waals surface area (Å²) in [4.78, 5) is 27.1. The van der Waals surface area contributed by atoms with E-state index in [0.29, 0.717) is 57.6 Å². The number of amides is 1. The van der Waals surface area contributed by atoms with Gasteiger partial charge in [-0.1, -0.05) is 18.2 Å². The van der Waals surface area contributed by atoms with Crippen molar-refractivity contribution in [1.29, 1.82) is 0 Å². The highest BCUT2D eigenvalue weighted by Gasteiger charge is 2.38. The molecule has 6 heterocycles. The van der Waals surface area contributed by atoms with Crippen LogP contribution in [0.25, 0.3) is 21.9 Å². The van der Waals surface area contributed by atoms with Gasteiger partial charge in [0, 0.05) is 75.4 Å². The normalized spacial score (nSPS) is 20.4. The van der Waals surface area contributed by atoms with Crippen LogP contribution in [0.15, 0.2) is 24.3 Å². The molecule has 252 valence electrons. The van der Waals surface area contributed by atoms with Crippen LogP contribution in [0.2, 0.25) is 0 Å². The van der Waals surface area contributed by atoms with E-state index in [2.05, 4.69) is 47.7 Å². The van der Waals surface area contributed by atoms with Crippen molar-refractivity contribution in [2.75, 3.05) is 50.0 Å². The van der Waals surface area contributed by atoms with Gasteiger partial charge in [0.25, 0.3) is 0 Å². The Balaban J connectivity index is 1.13. The molecule has 1 aromatic carbocycles. The van der Waals surface area contributed by atoms with Gasteiger partial charge >= 0.3 is 6.18 Å². The van der Waals surface area contributed by atoms with Crippen molar-refractivity contribution < 1.29 is 27.8 Å². The molecule has 3 aliphatic rings. The number of aromatic nitrogens is 5. The minimum atomic E-state index is -4.79. The number of aromatic amines is 1. The average Bonchev–Trinajstić information content (AvgIpc) is 3.62. The quantitative estimate of drug-likeness (QED) is 0.219. The van der Waals surface area contributed by atoms with Crippen LogP contribution in [0.1, 0.15) is 62.3 Å². The van der Waals surface area contributed by atoms with E-state index >= 15 is 0 Å². The van der Waals surface area contributed by atoms with Crippen LogP contribution < -0.4 is 10.6 Å². The fourth-order valence-electron chi connectivity index (χ4n) is 7.03. The molecule has 1 unspecified atom stereocenters. The van der Waals surface area contributed by atoms with E-state index in [0.717, 1.165) is 37.0 Å². The number of nitrogens with zero attached hydrogens (tertiary/aromatic N) is 6. The molecule has 2 saturated heterocycles. The van der Waals surface area contributed by atoms with E-state index < -0.39 is 24.3 Å². The number of fused-ring (bicyclic) bond motifs is 4. The summed E-state index contributed by atoms with van der Waals surface area (Å²) in [5, 5.41) is 23.3. The van der Waals surface area contributed by atoms with Gasteiger partial charge in [-0.05, 0) is 50.2 Å². The third-order valence-corrected chi connectivity index (χ3v) is 9.44. The van der Waals surface area contributed by atoms with Crippen LogP contribution in [-0.2, 0) is 28.7 Å². The highest BCUT2D eigenvalue weighted by Crippen LogP contribution is 2.37. The molecule has 3 aromatic heterocycles. The summed E-state index contributed by atoms with van der Waals surface area (Å²) in [6.45, 7) is 4.91. The van der Waals surface area contributed by atoms with Crippen molar-refractivity contribution in [1.82, 2.24) is 34.5 Å². The number of alkyl halides is 3. The Morgan fingerprint density at radius 1 is 1.13 bits per heavy atom. The summed E-state index contributed by atoms with van der Waals surface area (Å²) in [6, 6.07) is 8.02. The fourth-order valence-corrected chi connectivity index (χ4v) is 7.03. The summed E-state index contributed by atoms with van der Waals surface area (Å²) < 4.78 is 50.0. The number of piperidine rings is 1. The number of para-hydroxylation sites is 1. The largest absolute Gasteiger partial charge is 0.451 e. The Labute approximate surface area is 269 Å². The molecule has 15 heteroatoms. The van der Waals surface area contributed by atoms with Crippen LogP contribution in [0.3, 0.4) is 0 Å². The second-order valence-electron chi connectivity index (χ2n) is 12.8. The zero-order valence-electron chi connectivity index (χ0n) is 26.3. The number of ether oxygens (including phenoxy) is 1. The highest BCUT2D eigenvalue weighted by molar-refractivity contribution is 5.94. The highest BCUT2D eigenvalue weighted by atomic mass is 19.4. The number of benzene rings is 1. The third-order valence-electron chi connectivity index (χ3n) is 9.44. The molecule has 1 amide bonds. The minimum absolute atomic E-state index is 0.0121. The molecule has 47 heavy (non-hydrogen) atoms. The van der Waals surface area contributed by atoms with Crippen LogP contribution in [-0.4, -0.2) is 97.0 Å². The van der Waals surface area contributed by atoms with Crippen LogP contribution in [0, 0.1) is 0 Å². The maximum atomic E-state index is 14.1. The standard InChI is InChI=1S/C32H40F3N9O3/c1-19(45)43-13-9-20(10-14-43)37-30-28-27(39-31(40-30)32(33,34)35)29(41-44(28)26-8-4-5-15-47-26)36-16-21(46)17-42-12-11-23-22-6-2-3-7-24(22)38-25(23)18-42/h2-3,6-7,20-21,26,38,46H,4-5,8-18H2,1H3,(H,36,41)(H,37,39,40)/t21-,26?/m0/s1. The Morgan fingerprint density at radius 3 is 2.68 bits per heavy atom. The Kier molecular flexibility index (Phi) is 8.70. The number of aliphatic hydroxyl groups excluding tert-OH is 1. The number of rotatable bonds is 8. The number of H-pyrrole nitrogens is 1. The van der Waals surface area contributed by atoms with E-state index in [1.807, 2.05) is 12.1 Å². The SMILES string of the molecule is CC(=O)N1CCC(Nc2nc(C(F)(F)F)nc3c(NC[C@H](O)CN4CCc5c([nH]c6ccccc56)C4)nn(C4CCCCO4)c23)CC1. The molecule has 0 radical (unpaired) electrons. The zero-order chi connectivity index (χ0) is 32.7. The van der Waals surface area contributed by atoms with Gasteiger partial charge < -0.3 is 30.4 Å². The summed E-state index contributed by atoms with van der Waals surface area (Å²) in [5.74, 6) is -1.14. The van der Waals surface area contributed by atoms with Crippen LogP contribution >= 0.6 is 0 Å². The Hall–Kier alpha value is -3.95. The Morgan fingerprint density at radius 2 is 1.94 bits per heavy atom. The number of hydrogen-bond donors (Lipinski definition) is 4. The lowest BCUT2D eigenvalue weighted by molar-refractivity contribution is -0.144. The molecule has 0 bridgehead atoms. The summed E-state index contributed by atoms with van der Waals surface area (Å²) in [6.07, 6.45) is -1.71. The van der Waals surface area contributed by atoms with Crippen LogP contribution in [0.5, 0.6) is 0 Å². The first-order valence-corrected chi connectivity index (χ1v) is 16.4. The molecular weight excluding hydrogens is 615 g/mol. The predicted molar refractivity (Wildman–Crippen MR) is 170 cm³/mol. The number of aliphatic hydroxyl groups is 1. The van der Waals surface area contributed by atoms with Gasteiger partial charge in [-0.3, -0.25) is 9.69 Å². The van der Waals surface area contributed by atoms with Crippen molar-refractivity contribution in [3.8, 4) is 0 Å². The summed E-state index contributed by atoms with van der Waals surface area (Å²) >= 11 is 0. The van der Waals surface area contributed by atoms with Gasteiger partial charge in [-0.2, -0.15) is 13.2 Å². The number of β-amino-alcohol motifs (C(OH)–C–C–N with tert-alkyl or cyclic N) is 1. The van der Waals surface area contributed by atoms with Crippen molar-refractivity contribution in [2.24, 2.45) is 0 Å². The van der Waals surface area contributed by atoms with Gasteiger partial charge in [0.15, 0.2) is 17.9 Å². The second kappa shape index (κ2) is 12.9. The summed E-state index contributed by atoms with van der Waals surface area (Å²) in [5.41, 5.74) is 3.87. The van der Waals surface area contributed by atoms with Crippen molar-refractivity contribution in [2.45, 2.75) is 76.5 Å². The molecule has 0 aliphatic carbocycles. The number of halogens is 3. The van der Waals surface area contributed by atoms with Gasteiger partial charge in [-0.25, -0.2) is 14.6 Å². The number of nitrogens with one attached hydrogen (secondary N) is 3. The minimum Gasteiger partial charge on any atom is -0.390 e. The number of anilines is 2. The second-order valence-corrected chi connectivity index (χ2v) is 12.8. The van der Waals surface area contributed by atoms with Crippen molar-refractivity contribution >= 4 is 39.5 Å². The molecule has 4 N–H and O–H groups in total. The molecule has 0 saturated carbocycles. The maximum Gasteiger partial charge on any atom is 0.451 e. The first-order chi connectivity index (χ1) is 22.6. The number of hydrogen-bond acceptors (Lipinski definition) is 9. The average molecular weight is 656 g/mol. The molecule has 2 fully saturated rings. The third kappa shape index (κ3) is 6.61. The molecular formula is C32H40F3N9O3. The van der Waals surface area contributed by atoms with Gasteiger partial charge in [0.1, 0.15) is 11.0 Å². The number of likely N-dealkylation sites (tertiary alicyclic amines) is 1. The van der Waals surface area contributed by atoms with Crippen molar-refractivity contribution in [3.63, 3.8) is 0 Å². The molecule has 3 aliphatic heterocycles. The zero-order valence-corrected chi connectivity index (χ0v) is 26.3. The van der Waals surface area contributed by atoms with E-state index in [1.165, 1.54) is 17.9 Å². The molecule has 4 aromatic rings. The first kappa shape index (κ1) is 31.6. The topological polar surface area (TPSA) is 136 Å². The molecule has 2 atom stereocenters. The molecule has 7 rings (SSSR count). The predicted octanol–water partition coefficient (Wildman–Crippen LogP) is 4.28. The van der Waals surface area contributed by atoms with Gasteiger partial charge in [0.2, 0.25) is 11.7 Å². The summed E-state index contributed by atoms with van der Waals surface area (Å²) in [7, 11) is 0. The van der Waals surface area contributed by atoms with E-state index in [9.17, 15) is 23.1 Å². The smallest absolute Gasteiger partial charge is 0.390 e. The van der Waals surface area contributed by atoms with E-state index in [1.54, 1.807) is 9.58 Å². The first-order valence-electron chi connectivity index (χ1n) is 16.4. The Bertz CT molecular complexity index is 1740.